The molecule has 0 fully saturated rings. The van der Waals surface area contributed by atoms with Gasteiger partial charge in [0.05, 0.1) is 0 Å². The molecule has 0 radical (unpaired) electrons. The highest BCUT2D eigenvalue weighted by Gasteiger charge is 2.16. The Morgan fingerprint density at radius 2 is 1.65 bits per heavy atom. The van der Waals surface area contributed by atoms with E-state index in [-0.39, 0.29) is 0 Å². The van der Waals surface area contributed by atoms with Crippen LogP contribution in [0.15, 0.2) is 0 Å². The summed E-state index contributed by atoms with van der Waals surface area (Å²) in [6.07, 6.45) is 2.44. The number of anilines is 1. The topological polar surface area (TPSA) is 68.5 Å². The van der Waals surface area contributed by atoms with Gasteiger partial charge in [0.1, 0.15) is 17.5 Å². The van der Waals surface area contributed by atoms with Crippen LogP contribution in [0.2, 0.25) is 0 Å². The second-order valence-corrected chi connectivity index (χ2v) is 4.60. The van der Waals surface area contributed by atoms with Crippen molar-refractivity contribution >= 4 is 5.82 Å². The molecule has 0 aliphatic rings. The summed E-state index contributed by atoms with van der Waals surface area (Å²) in [7, 11) is 1.87. The van der Waals surface area contributed by atoms with Gasteiger partial charge in [-0.15, -0.1) is 5.10 Å². The van der Waals surface area contributed by atoms with Crippen molar-refractivity contribution in [1.29, 1.82) is 0 Å². The van der Waals surface area contributed by atoms with Crippen molar-refractivity contribution in [3.63, 3.8) is 0 Å². The van der Waals surface area contributed by atoms with E-state index < -0.39 is 0 Å². The molecule has 2 heterocycles. The molecule has 0 aliphatic heterocycles. The molecule has 0 aromatic carbocycles. The van der Waals surface area contributed by atoms with Crippen molar-refractivity contribution in [2.24, 2.45) is 0 Å². The fraction of sp³-hybridized carbons (Fsp3) is 0.571. The molecule has 0 bridgehead atoms. The van der Waals surface area contributed by atoms with Gasteiger partial charge < -0.3 is 5.32 Å². The molecule has 0 amide bonds. The van der Waals surface area contributed by atoms with Gasteiger partial charge in [-0.2, -0.15) is 4.68 Å². The number of aromatic nitrogens is 5. The zero-order valence-corrected chi connectivity index (χ0v) is 12.9. The summed E-state index contributed by atoms with van der Waals surface area (Å²) in [6.45, 7) is 8.19. The largest absolute Gasteiger partial charge is 0.373 e. The van der Waals surface area contributed by atoms with Gasteiger partial charge in [0.2, 0.25) is 0 Å². The van der Waals surface area contributed by atoms with E-state index in [1.807, 2.05) is 25.6 Å². The molecule has 2 aromatic rings. The molecule has 6 heteroatoms. The smallest absolute Gasteiger partial charge is 0.164 e. The van der Waals surface area contributed by atoms with Crippen LogP contribution in [0.3, 0.4) is 0 Å². The first-order chi connectivity index (χ1) is 9.64. The average Bonchev–Trinajstić information content (AvgIpc) is 2.90. The van der Waals surface area contributed by atoms with Gasteiger partial charge in [-0.1, -0.05) is 20.8 Å². The Kier molecular flexibility index (Phi) is 4.32. The van der Waals surface area contributed by atoms with Gasteiger partial charge in [0.15, 0.2) is 11.6 Å². The van der Waals surface area contributed by atoms with Crippen LogP contribution < -0.4 is 5.32 Å². The Labute approximate surface area is 119 Å². The number of hydrogen-bond acceptors (Lipinski definition) is 5. The van der Waals surface area contributed by atoms with Gasteiger partial charge in [-0.25, -0.2) is 15.0 Å². The number of nitrogens with one attached hydrogen (secondary N) is 1. The van der Waals surface area contributed by atoms with Crippen molar-refractivity contribution < 1.29 is 0 Å². The molecule has 1 N–H and O–H groups in total. The van der Waals surface area contributed by atoms with Crippen molar-refractivity contribution in [1.82, 2.24) is 24.7 Å². The lowest BCUT2D eigenvalue weighted by molar-refractivity contribution is 0.747. The minimum Gasteiger partial charge on any atom is -0.373 e. The van der Waals surface area contributed by atoms with Gasteiger partial charge in [0, 0.05) is 31.9 Å². The summed E-state index contributed by atoms with van der Waals surface area (Å²) in [5.74, 6) is 4.27. The summed E-state index contributed by atoms with van der Waals surface area (Å²) in [5, 5.41) is 7.69. The molecule has 2 aromatic heterocycles. The summed E-state index contributed by atoms with van der Waals surface area (Å²) >= 11 is 0. The number of nitrogens with zero attached hydrogens (tertiary/aromatic N) is 5. The number of rotatable bonds is 5. The number of aryl methyl sites for hydroxylation is 3. The van der Waals surface area contributed by atoms with Gasteiger partial charge in [-0.05, 0) is 6.92 Å². The molecule has 108 valence electrons. The lowest BCUT2D eigenvalue weighted by Crippen LogP contribution is -2.12. The molecule has 0 saturated carbocycles. The highest BCUT2D eigenvalue weighted by molar-refractivity contribution is 5.51. The number of hydrogen-bond donors (Lipinski definition) is 1. The van der Waals surface area contributed by atoms with Crippen LogP contribution >= 0.6 is 0 Å². The quantitative estimate of drug-likeness (QED) is 0.904. The van der Waals surface area contributed by atoms with Crippen LogP contribution in [0.1, 0.15) is 43.8 Å². The summed E-state index contributed by atoms with van der Waals surface area (Å²) < 4.78 is 1.86. The van der Waals surface area contributed by atoms with E-state index in [1.165, 1.54) is 0 Å². The molecule has 20 heavy (non-hydrogen) atoms. The van der Waals surface area contributed by atoms with Gasteiger partial charge in [0.25, 0.3) is 0 Å². The molecule has 0 spiro atoms. The van der Waals surface area contributed by atoms with Crippen molar-refractivity contribution in [3.05, 3.63) is 23.0 Å². The maximum atomic E-state index is 4.64. The molecule has 0 unspecified atom stereocenters. The average molecular weight is 274 g/mol. The first-order valence-corrected chi connectivity index (χ1v) is 7.14. The first-order valence-electron chi connectivity index (χ1n) is 7.14. The lowest BCUT2D eigenvalue weighted by atomic mass is 10.3. The van der Waals surface area contributed by atoms with Gasteiger partial charge in [-0.3, -0.25) is 0 Å². The maximum absolute atomic E-state index is 4.64. The third kappa shape index (κ3) is 2.50. The molecular weight excluding hydrogens is 252 g/mol. The second-order valence-electron chi connectivity index (χ2n) is 4.60. The van der Waals surface area contributed by atoms with E-state index in [1.54, 1.807) is 0 Å². The molecule has 0 atom stereocenters. The SMILES string of the molecule is CCc1nc(NC)c(C)c(-n2nc(CC)nc2CC)n1. The fourth-order valence-corrected chi connectivity index (χ4v) is 2.10. The van der Waals surface area contributed by atoms with E-state index in [0.717, 1.165) is 53.9 Å². The van der Waals surface area contributed by atoms with Gasteiger partial charge >= 0.3 is 0 Å². The van der Waals surface area contributed by atoms with Crippen LogP contribution in [0, 0.1) is 6.92 Å². The maximum Gasteiger partial charge on any atom is 0.164 e. The summed E-state index contributed by atoms with van der Waals surface area (Å²) in [5.41, 5.74) is 0.993. The zero-order valence-electron chi connectivity index (χ0n) is 12.9. The molecule has 0 saturated heterocycles. The molecule has 0 aliphatic carbocycles. The highest BCUT2D eigenvalue weighted by atomic mass is 15.4. The van der Waals surface area contributed by atoms with Crippen molar-refractivity contribution in [3.8, 4) is 5.82 Å². The Bertz CT molecular complexity index is 602. The Morgan fingerprint density at radius 3 is 2.20 bits per heavy atom. The van der Waals surface area contributed by atoms with Crippen LogP contribution in [0.25, 0.3) is 5.82 Å². The van der Waals surface area contributed by atoms with Crippen LogP contribution in [-0.4, -0.2) is 31.8 Å². The molecule has 2 rings (SSSR count). The third-order valence-corrected chi connectivity index (χ3v) is 3.27. The molecule has 6 nitrogen and oxygen atoms in total. The van der Waals surface area contributed by atoms with E-state index in [0.29, 0.717) is 0 Å². The predicted molar refractivity (Wildman–Crippen MR) is 79.4 cm³/mol. The first kappa shape index (κ1) is 14.4. The van der Waals surface area contributed by atoms with E-state index in [4.69, 9.17) is 0 Å². The van der Waals surface area contributed by atoms with E-state index in [9.17, 15) is 0 Å². The van der Waals surface area contributed by atoms with Crippen LogP contribution in [-0.2, 0) is 19.3 Å². The zero-order chi connectivity index (χ0) is 14.7. The summed E-state index contributed by atoms with van der Waals surface area (Å²) in [4.78, 5) is 13.7. The normalized spacial score (nSPS) is 10.8. The predicted octanol–water partition coefficient (Wildman–Crippen LogP) is 2.09. The van der Waals surface area contributed by atoms with Crippen molar-refractivity contribution in [2.75, 3.05) is 12.4 Å². The monoisotopic (exact) mass is 274 g/mol. The van der Waals surface area contributed by atoms with E-state index >= 15 is 0 Å². The Hall–Kier alpha value is -1.98. The second kappa shape index (κ2) is 5.98. The lowest BCUT2D eigenvalue weighted by Gasteiger charge is -2.12. The standard InChI is InChI=1S/C14H22N6/c1-6-10-17-13(15-5)9(4)14(18-10)20-12(8-3)16-11(7-2)19-20/h6-8H2,1-5H3,(H,15,17,18). The van der Waals surface area contributed by atoms with Crippen molar-refractivity contribution in [2.45, 2.75) is 47.0 Å². The third-order valence-electron chi connectivity index (χ3n) is 3.27. The summed E-state index contributed by atoms with van der Waals surface area (Å²) in [6, 6.07) is 0. The van der Waals surface area contributed by atoms with Crippen LogP contribution in [0.4, 0.5) is 5.82 Å². The van der Waals surface area contributed by atoms with Crippen LogP contribution in [0.5, 0.6) is 0 Å². The highest BCUT2D eigenvalue weighted by Crippen LogP contribution is 2.20. The fourth-order valence-electron chi connectivity index (χ4n) is 2.10. The van der Waals surface area contributed by atoms with E-state index in [2.05, 4.69) is 39.2 Å². The molecular formula is C14H22N6. The minimum atomic E-state index is 0.790. The minimum absolute atomic E-state index is 0.790. The Balaban J connectivity index is 2.64. The Morgan fingerprint density at radius 1 is 0.950 bits per heavy atom.